The minimum Gasteiger partial charge on any atom is -0.376 e. The van der Waals surface area contributed by atoms with Gasteiger partial charge in [0.2, 0.25) is 0 Å². The molecule has 5 nitrogen and oxygen atoms in total. The summed E-state index contributed by atoms with van der Waals surface area (Å²) < 4.78 is 16.7. The minimum absolute atomic E-state index is 0.0279. The van der Waals surface area contributed by atoms with E-state index in [-0.39, 0.29) is 11.8 Å². The van der Waals surface area contributed by atoms with Crippen LogP contribution in [0.4, 0.5) is 0 Å². The Kier molecular flexibility index (Phi) is 8.37. The first-order valence-corrected chi connectivity index (χ1v) is 9.31. The van der Waals surface area contributed by atoms with E-state index in [2.05, 4.69) is 36.6 Å². The van der Waals surface area contributed by atoms with Crippen LogP contribution in [0.1, 0.15) is 25.8 Å². The highest BCUT2D eigenvalue weighted by Gasteiger charge is 2.46. The average Bonchev–Trinajstić information content (AvgIpc) is 2.56. The van der Waals surface area contributed by atoms with Crippen molar-refractivity contribution in [3.8, 4) is 0 Å². The highest BCUT2D eigenvalue weighted by atomic mass is 28.4. The van der Waals surface area contributed by atoms with Crippen molar-refractivity contribution < 1.29 is 13.3 Å². The molecule has 0 amide bonds. The van der Waals surface area contributed by atoms with Crippen molar-refractivity contribution in [1.82, 2.24) is 10.6 Å². The summed E-state index contributed by atoms with van der Waals surface area (Å²) in [5.41, 5.74) is 1.18. The van der Waals surface area contributed by atoms with E-state index >= 15 is 0 Å². The highest BCUT2D eigenvalue weighted by molar-refractivity contribution is 6.62. The number of hydrogen-bond donors (Lipinski definition) is 2. The van der Waals surface area contributed by atoms with Gasteiger partial charge in [-0.2, -0.15) is 0 Å². The quantitative estimate of drug-likeness (QED) is 0.511. The summed E-state index contributed by atoms with van der Waals surface area (Å²) in [7, 11) is 2.22. The van der Waals surface area contributed by atoms with Crippen molar-refractivity contribution in [3.05, 3.63) is 42.1 Å². The minimum atomic E-state index is -2.69. The van der Waals surface area contributed by atoms with E-state index < -0.39 is 8.80 Å². The SMILES string of the molecule is CCC(NC(C)N/C=C/c1ccccc1)[Si](OC)(OC)OC. The van der Waals surface area contributed by atoms with Gasteiger partial charge in [-0.25, -0.2) is 0 Å². The second-order valence-corrected chi connectivity index (χ2v) is 8.10. The summed E-state index contributed by atoms with van der Waals surface area (Å²) in [6.07, 6.45) is 4.90. The monoisotopic (exact) mass is 324 g/mol. The lowest BCUT2D eigenvalue weighted by Gasteiger charge is -2.34. The van der Waals surface area contributed by atoms with Gasteiger partial charge in [-0.15, -0.1) is 0 Å². The molecule has 2 unspecified atom stereocenters. The predicted molar refractivity (Wildman–Crippen MR) is 92.1 cm³/mol. The first-order valence-electron chi connectivity index (χ1n) is 7.51. The molecule has 1 aromatic rings. The zero-order valence-electron chi connectivity index (χ0n) is 14.1. The molecule has 0 aromatic heterocycles. The van der Waals surface area contributed by atoms with Crippen LogP contribution >= 0.6 is 0 Å². The average molecular weight is 324 g/mol. The molecule has 0 aliphatic heterocycles. The summed E-state index contributed by atoms with van der Waals surface area (Å²) in [6.45, 7) is 4.14. The second kappa shape index (κ2) is 9.76. The third-order valence-corrected chi connectivity index (χ3v) is 6.70. The van der Waals surface area contributed by atoms with Gasteiger partial charge in [0, 0.05) is 21.3 Å². The maximum absolute atomic E-state index is 5.55. The van der Waals surface area contributed by atoms with Gasteiger partial charge >= 0.3 is 8.80 Å². The van der Waals surface area contributed by atoms with Crippen molar-refractivity contribution in [2.75, 3.05) is 21.3 Å². The van der Waals surface area contributed by atoms with Gasteiger partial charge in [0.15, 0.2) is 0 Å². The van der Waals surface area contributed by atoms with Crippen LogP contribution in [0.15, 0.2) is 36.5 Å². The molecule has 22 heavy (non-hydrogen) atoms. The molecular formula is C16H28N2O3Si. The van der Waals surface area contributed by atoms with Crippen LogP contribution in [0.3, 0.4) is 0 Å². The number of hydrogen-bond acceptors (Lipinski definition) is 5. The van der Waals surface area contributed by atoms with E-state index in [1.165, 1.54) is 0 Å². The van der Waals surface area contributed by atoms with Gasteiger partial charge in [0.05, 0.1) is 11.8 Å². The van der Waals surface area contributed by atoms with Crippen LogP contribution in [-0.2, 0) is 13.3 Å². The normalized spacial score (nSPS) is 15.0. The molecule has 124 valence electrons. The van der Waals surface area contributed by atoms with E-state index in [0.717, 1.165) is 12.0 Å². The molecule has 0 fully saturated rings. The molecule has 0 heterocycles. The first kappa shape index (κ1) is 18.9. The summed E-state index contributed by atoms with van der Waals surface area (Å²) in [4.78, 5) is 0. The van der Waals surface area contributed by atoms with E-state index in [0.29, 0.717) is 0 Å². The highest BCUT2D eigenvalue weighted by Crippen LogP contribution is 2.15. The van der Waals surface area contributed by atoms with Gasteiger partial charge in [0.25, 0.3) is 0 Å². The molecule has 0 aliphatic rings. The van der Waals surface area contributed by atoms with Crippen molar-refractivity contribution in [2.45, 2.75) is 32.1 Å². The van der Waals surface area contributed by atoms with E-state index in [1.807, 2.05) is 30.5 Å². The van der Waals surface area contributed by atoms with Crippen LogP contribution in [0, 0.1) is 0 Å². The van der Waals surface area contributed by atoms with Crippen LogP contribution in [0.25, 0.3) is 6.08 Å². The Labute approximate surface area is 135 Å². The lowest BCUT2D eigenvalue weighted by atomic mass is 10.2. The molecule has 0 saturated heterocycles. The summed E-state index contributed by atoms with van der Waals surface area (Å²) in [6, 6.07) is 10.2. The Hall–Kier alpha value is -1.18. The van der Waals surface area contributed by atoms with Gasteiger partial charge in [-0.05, 0) is 31.2 Å². The first-order chi connectivity index (χ1) is 10.6. The Morgan fingerprint density at radius 1 is 1.09 bits per heavy atom. The van der Waals surface area contributed by atoms with Gasteiger partial charge in [0.1, 0.15) is 0 Å². The van der Waals surface area contributed by atoms with Crippen molar-refractivity contribution in [2.24, 2.45) is 0 Å². The van der Waals surface area contributed by atoms with Crippen LogP contribution in [0.5, 0.6) is 0 Å². The molecule has 0 bridgehead atoms. The van der Waals surface area contributed by atoms with Crippen LogP contribution < -0.4 is 10.6 Å². The van der Waals surface area contributed by atoms with Crippen LogP contribution in [-0.4, -0.2) is 42.0 Å². The van der Waals surface area contributed by atoms with Crippen molar-refractivity contribution >= 4 is 14.9 Å². The smallest absolute Gasteiger partial charge is 0.376 e. The zero-order valence-corrected chi connectivity index (χ0v) is 15.1. The maximum atomic E-state index is 5.55. The molecule has 0 radical (unpaired) electrons. The van der Waals surface area contributed by atoms with Crippen molar-refractivity contribution in [1.29, 1.82) is 0 Å². The molecule has 1 aromatic carbocycles. The molecule has 1 rings (SSSR count). The van der Waals surface area contributed by atoms with E-state index in [9.17, 15) is 0 Å². The fraction of sp³-hybridized carbons (Fsp3) is 0.500. The van der Waals surface area contributed by atoms with E-state index in [1.54, 1.807) is 21.3 Å². The van der Waals surface area contributed by atoms with E-state index in [4.69, 9.17) is 13.3 Å². The maximum Gasteiger partial charge on any atom is 0.518 e. The predicted octanol–water partition coefficient (Wildman–Crippen LogP) is 2.38. The standard InChI is InChI=1S/C16H28N2O3Si/c1-6-16(22(19-3,20-4)21-5)18-14(2)17-13-12-15-10-8-7-9-11-15/h7-14,16-18H,6H2,1-5H3/b13-12+. The lowest BCUT2D eigenvalue weighted by Crippen LogP contribution is -2.63. The van der Waals surface area contributed by atoms with Crippen LogP contribution in [0.2, 0.25) is 0 Å². The number of benzene rings is 1. The molecular weight excluding hydrogens is 296 g/mol. The topological polar surface area (TPSA) is 51.8 Å². The lowest BCUT2D eigenvalue weighted by molar-refractivity contribution is 0.104. The Morgan fingerprint density at radius 2 is 1.68 bits per heavy atom. The zero-order chi connectivity index (χ0) is 16.4. The number of nitrogens with one attached hydrogen (secondary N) is 2. The Bertz CT molecular complexity index is 430. The third kappa shape index (κ3) is 5.22. The third-order valence-electron chi connectivity index (χ3n) is 3.56. The van der Waals surface area contributed by atoms with Gasteiger partial charge in [-0.1, -0.05) is 37.3 Å². The molecule has 0 spiro atoms. The summed E-state index contributed by atoms with van der Waals surface area (Å²) in [5.74, 6) is 0. The molecule has 6 heteroatoms. The van der Waals surface area contributed by atoms with Crippen molar-refractivity contribution in [3.63, 3.8) is 0 Å². The molecule has 0 aliphatic carbocycles. The summed E-state index contributed by atoms with van der Waals surface area (Å²) in [5, 5.41) is 6.78. The number of rotatable bonds is 10. The molecule has 2 N–H and O–H groups in total. The van der Waals surface area contributed by atoms with Gasteiger partial charge in [-0.3, -0.25) is 5.32 Å². The summed E-state index contributed by atoms with van der Waals surface area (Å²) >= 11 is 0. The van der Waals surface area contributed by atoms with Gasteiger partial charge < -0.3 is 18.6 Å². The Morgan fingerprint density at radius 3 is 2.18 bits per heavy atom. The molecule has 0 saturated carbocycles. The fourth-order valence-electron chi connectivity index (χ4n) is 2.35. The largest absolute Gasteiger partial charge is 0.518 e. The molecule has 2 atom stereocenters. The fourth-order valence-corrected chi connectivity index (χ4v) is 4.66. The Balaban J connectivity index is 2.58. The second-order valence-electron chi connectivity index (χ2n) is 4.98.